The van der Waals surface area contributed by atoms with Crippen LogP contribution in [0.15, 0.2) is 36.4 Å². The maximum atomic E-state index is 6.12. The molecule has 0 spiro atoms. The van der Waals surface area contributed by atoms with Crippen molar-refractivity contribution in [3.05, 3.63) is 67.6 Å². The molecule has 106 valence electrons. The molecule has 2 rings (SSSR count). The molecule has 0 saturated carbocycles. The maximum Gasteiger partial charge on any atom is 0.0453 e. The summed E-state index contributed by atoms with van der Waals surface area (Å²) in [5.74, 6) is 0. The maximum absolute atomic E-state index is 6.12. The highest BCUT2D eigenvalue weighted by atomic mass is 35.5. The highest BCUT2D eigenvalue weighted by molar-refractivity contribution is 6.35. The number of hydrogen-bond acceptors (Lipinski definition) is 1. The molecule has 0 amide bonds. The van der Waals surface area contributed by atoms with Crippen molar-refractivity contribution in [3.63, 3.8) is 0 Å². The minimum absolute atomic E-state index is 0.648. The van der Waals surface area contributed by atoms with E-state index in [4.69, 9.17) is 46.4 Å². The Morgan fingerprint density at radius 1 is 0.800 bits per heavy atom. The van der Waals surface area contributed by atoms with Gasteiger partial charge in [0.25, 0.3) is 0 Å². The molecule has 20 heavy (non-hydrogen) atoms. The van der Waals surface area contributed by atoms with Gasteiger partial charge in [-0.1, -0.05) is 52.5 Å². The number of rotatable bonds is 5. The van der Waals surface area contributed by atoms with Gasteiger partial charge in [0, 0.05) is 26.6 Å². The molecule has 0 heterocycles. The molecule has 0 saturated heterocycles. The zero-order valence-electron chi connectivity index (χ0n) is 10.6. The summed E-state index contributed by atoms with van der Waals surface area (Å²) >= 11 is 23.9. The van der Waals surface area contributed by atoms with Crippen molar-refractivity contribution in [1.82, 2.24) is 5.32 Å². The molecule has 0 atom stereocenters. The van der Waals surface area contributed by atoms with Crippen molar-refractivity contribution in [3.8, 4) is 0 Å². The lowest BCUT2D eigenvalue weighted by Gasteiger charge is -2.08. The van der Waals surface area contributed by atoms with Crippen LogP contribution in [-0.4, -0.2) is 6.54 Å². The molecule has 1 nitrogen and oxygen atoms in total. The van der Waals surface area contributed by atoms with Crippen LogP contribution < -0.4 is 5.32 Å². The van der Waals surface area contributed by atoms with Crippen molar-refractivity contribution in [2.75, 3.05) is 6.54 Å². The normalized spacial score (nSPS) is 10.8. The number of benzene rings is 2. The second-order valence-electron chi connectivity index (χ2n) is 4.44. The molecule has 0 aliphatic carbocycles. The minimum Gasteiger partial charge on any atom is -0.312 e. The molecule has 0 aliphatic heterocycles. The molecular weight excluding hydrogens is 336 g/mol. The average Bonchev–Trinajstić information content (AvgIpc) is 2.35. The van der Waals surface area contributed by atoms with E-state index in [1.54, 1.807) is 12.1 Å². The Hall–Kier alpha value is -0.440. The van der Waals surface area contributed by atoms with Crippen LogP contribution >= 0.6 is 46.4 Å². The molecule has 5 heteroatoms. The Balaban J connectivity index is 1.84. The summed E-state index contributed by atoms with van der Waals surface area (Å²) in [6.45, 7) is 1.52. The zero-order chi connectivity index (χ0) is 14.5. The van der Waals surface area contributed by atoms with Crippen LogP contribution in [0.3, 0.4) is 0 Å². The molecule has 0 aromatic heterocycles. The Bertz CT molecular complexity index is 578. The Kier molecular flexibility index (Phi) is 6.01. The lowest BCUT2D eigenvalue weighted by molar-refractivity contribution is 0.687. The lowest BCUT2D eigenvalue weighted by Crippen LogP contribution is -2.16. The SMILES string of the molecule is Clc1cc(Cl)cc(CNCCc2ccc(Cl)cc2Cl)c1. The fourth-order valence-corrected chi connectivity index (χ4v) is 2.97. The van der Waals surface area contributed by atoms with Crippen LogP contribution in [0.1, 0.15) is 11.1 Å². The van der Waals surface area contributed by atoms with E-state index in [-0.39, 0.29) is 0 Å². The van der Waals surface area contributed by atoms with E-state index >= 15 is 0 Å². The molecule has 0 fully saturated rings. The summed E-state index contributed by atoms with van der Waals surface area (Å²) in [6.07, 6.45) is 0.838. The van der Waals surface area contributed by atoms with Crippen LogP contribution in [0.2, 0.25) is 20.1 Å². The van der Waals surface area contributed by atoms with Crippen molar-refractivity contribution in [1.29, 1.82) is 0 Å². The van der Waals surface area contributed by atoms with Crippen molar-refractivity contribution >= 4 is 46.4 Å². The van der Waals surface area contributed by atoms with Crippen LogP contribution in [0.25, 0.3) is 0 Å². The highest BCUT2D eigenvalue weighted by Crippen LogP contribution is 2.21. The molecular formula is C15H13Cl4N. The molecule has 0 unspecified atom stereocenters. The molecule has 2 aromatic carbocycles. The van der Waals surface area contributed by atoms with Gasteiger partial charge in [0.1, 0.15) is 0 Å². The fraction of sp³-hybridized carbons (Fsp3) is 0.200. The largest absolute Gasteiger partial charge is 0.312 e. The summed E-state index contributed by atoms with van der Waals surface area (Å²) in [6, 6.07) is 11.1. The van der Waals surface area contributed by atoms with Gasteiger partial charge in [-0.15, -0.1) is 0 Å². The van der Waals surface area contributed by atoms with E-state index < -0.39 is 0 Å². The number of halogens is 4. The number of hydrogen-bond donors (Lipinski definition) is 1. The second-order valence-corrected chi connectivity index (χ2v) is 6.16. The first-order chi connectivity index (χ1) is 9.54. The van der Waals surface area contributed by atoms with E-state index in [2.05, 4.69) is 5.32 Å². The molecule has 0 aliphatic rings. The average molecular weight is 349 g/mol. The van der Waals surface area contributed by atoms with E-state index in [0.717, 1.165) is 24.1 Å². The van der Waals surface area contributed by atoms with Gasteiger partial charge in [-0.2, -0.15) is 0 Å². The summed E-state index contributed by atoms with van der Waals surface area (Å²) < 4.78 is 0. The van der Waals surface area contributed by atoms with Gasteiger partial charge in [-0.3, -0.25) is 0 Å². The highest BCUT2D eigenvalue weighted by Gasteiger charge is 2.02. The summed E-state index contributed by atoms with van der Waals surface area (Å²) in [5, 5.41) is 5.99. The Morgan fingerprint density at radius 2 is 1.50 bits per heavy atom. The van der Waals surface area contributed by atoms with E-state index in [9.17, 15) is 0 Å². The van der Waals surface area contributed by atoms with Crippen LogP contribution in [0.5, 0.6) is 0 Å². The third kappa shape index (κ3) is 4.83. The molecule has 2 aromatic rings. The first-order valence-electron chi connectivity index (χ1n) is 6.14. The first-order valence-corrected chi connectivity index (χ1v) is 7.65. The Morgan fingerprint density at radius 3 is 2.15 bits per heavy atom. The monoisotopic (exact) mass is 347 g/mol. The zero-order valence-corrected chi connectivity index (χ0v) is 13.6. The van der Waals surface area contributed by atoms with Gasteiger partial charge in [0.2, 0.25) is 0 Å². The van der Waals surface area contributed by atoms with Crippen molar-refractivity contribution in [2.24, 2.45) is 0 Å². The molecule has 0 radical (unpaired) electrons. The van der Waals surface area contributed by atoms with Gasteiger partial charge >= 0.3 is 0 Å². The predicted octanol–water partition coefficient (Wildman–Crippen LogP) is 5.63. The molecule has 0 bridgehead atoms. The standard InChI is InChI=1S/C15H13Cl4N/c16-12-2-1-11(15(19)8-12)3-4-20-9-10-5-13(17)7-14(18)6-10/h1-2,5-8,20H,3-4,9H2. The van der Waals surface area contributed by atoms with Crippen LogP contribution in [0, 0.1) is 0 Å². The van der Waals surface area contributed by atoms with Gasteiger partial charge in [0.05, 0.1) is 0 Å². The van der Waals surface area contributed by atoms with Gasteiger partial charge < -0.3 is 5.32 Å². The van der Waals surface area contributed by atoms with E-state index in [1.807, 2.05) is 24.3 Å². The third-order valence-corrected chi connectivity index (χ3v) is 3.86. The quantitative estimate of drug-likeness (QED) is 0.690. The van der Waals surface area contributed by atoms with Gasteiger partial charge in [0.15, 0.2) is 0 Å². The minimum atomic E-state index is 0.648. The van der Waals surface area contributed by atoms with Crippen LogP contribution in [-0.2, 0) is 13.0 Å². The van der Waals surface area contributed by atoms with Gasteiger partial charge in [-0.25, -0.2) is 0 Å². The first kappa shape index (κ1) is 15.9. The summed E-state index contributed by atoms with van der Waals surface area (Å²) in [7, 11) is 0. The van der Waals surface area contributed by atoms with E-state index in [1.165, 1.54) is 0 Å². The number of nitrogens with one attached hydrogen (secondary N) is 1. The molecule has 1 N–H and O–H groups in total. The Labute approximate surface area is 138 Å². The van der Waals surface area contributed by atoms with Crippen molar-refractivity contribution < 1.29 is 0 Å². The lowest BCUT2D eigenvalue weighted by atomic mass is 10.1. The summed E-state index contributed by atoms with van der Waals surface area (Å²) in [5.41, 5.74) is 2.14. The topological polar surface area (TPSA) is 12.0 Å². The predicted molar refractivity (Wildman–Crippen MR) is 88.3 cm³/mol. The van der Waals surface area contributed by atoms with E-state index in [0.29, 0.717) is 26.6 Å². The summed E-state index contributed by atoms with van der Waals surface area (Å²) in [4.78, 5) is 0. The smallest absolute Gasteiger partial charge is 0.0453 e. The van der Waals surface area contributed by atoms with Gasteiger partial charge in [-0.05, 0) is 54.4 Å². The fourth-order valence-electron chi connectivity index (χ4n) is 1.89. The van der Waals surface area contributed by atoms with Crippen LogP contribution in [0.4, 0.5) is 0 Å². The third-order valence-electron chi connectivity index (χ3n) is 2.84. The second kappa shape index (κ2) is 7.53. The van der Waals surface area contributed by atoms with Crippen molar-refractivity contribution in [2.45, 2.75) is 13.0 Å².